The molecule has 0 radical (unpaired) electrons. The Kier molecular flexibility index (Phi) is 11.9. The van der Waals surface area contributed by atoms with Gasteiger partial charge in [-0.1, -0.05) is 74.4 Å². The van der Waals surface area contributed by atoms with Crippen LogP contribution in [0.15, 0.2) is 90.0 Å². The van der Waals surface area contributed by atoms with E-state index in [0.717, 1.165) is 22.0 Å². The molecule has 2 amide bonds. The van der Waals surface area contributed by atoms with E-state index in [9.17, 15) is 23.1 Å². The Morgan fingerprint density at radius 3 is 2.31 bits per heavy atom. The molecule has 45 heavy (non-hydrogen) atoms. The summed E-state index contributed by atoms with van der Waals surface area (Å²) in [4.78, 5) is 29.8. The number of para-hydroxylation sites is 1. The second-order valence-electron chi connectivity index (χ2n) is 11.9. The summed E-state index contributed by atoms with van der Waals surface area (Å²) in [7, 11) is -3.81. The van der Waals surface area contributed by atoms with Crippen molar-refractivity contribution in [2.24, 2.45) is 5.92 Å². The van der Waals surface area contributed by atoms with Crippen molar-refractivity contribution in [3.05, 3.63) is 102 Å². The Labute approximate surface area is 266 Å². The molecule has 4 aromatic rings. The van der Waals surface area contributed by atoms with E-state index in [1.807, 2.05) is 57.3 Å². The van der Waals surface area contributed by atoms with Crippen LogP contribution in [-0.2, 0) is 21.2 Å². The van der Waals surface area contributed by atoms with Gasteiger partial charge >= 0.3 is 0 Å². The van der Waals surface area contributed by atoms with Crippen molar-refractivity contribution in [1.29, 1.82) is 0 Å². The lowest BCUT2D eigenvalue weighted by Crippen LogP contribution is -2.48. The monoisotopic (exact) mass is 632 g/mol. The van der Waals surface area contributed by atoms with Crippen molar-refractivity contribution < 1.29 is 23.1 Å². The molecule has 2 atom stereocenters. The van der Waals surface area contributed by atoms with E-state index >= 15 is 0 Å². The number of nitrogens with zero attached hydrogens (tertiary/aromatic N) is 1. The molecule has 1 heterocycles. The number of carbonyl (C=O) groups is 2. The van der Waals surface area contributed by atoms with Crippen LogP contribution in [0.3, 0.4) is 0 Å². The number of hydrogen-bond acceptors (Lipinski definition) is 5. The highest BCUT2D eigenvalue weighted by Crippen LogP contribution is 2.23. The number of carbonyl (C=O) groups excluding carboxylic acids is 2. The van der Waals surface area contributed by atoms with Gasteiger partial charge in [-0.05, 0) is 61.6 Å². The first kappa shape index (κ1) is 33.9. The quantitative estimate of drug-likeness (QED) is 0.132. The van der Waals surface area contributed by atoms with E-state index < -0.39 is 22.1 Å². The highest BCUT2D eigenvalue weighted by molar-refractivity contribution is 7.89. The SMILES string of the molecule is Cc1ccc(S(=O)(=O)N(CC(C)C)[C@H](CO)CCCCNC(=O)[C@H](Cc2c[nH]c3ccccc23)NC(=O)c2ccccc2)cc1. The molecule has 0 spiro atoms. The average molecular weight is 633 g/mol. The third-order valence-corrected chi connectivity index (χ3v) is 9.74. The van der Waals surface area contributed by atoms with Crippen LogP contribution in [0.5, 0.6) is 0 Å². The Morgan fingerprint density at radius 2 is 1.62 bits per heavy atom. The zero-order valence-corrected chi connectivity index (χ0v) is 27.0. The summed E-state index contributed by atoms with van der Waals surface area (Å²) in [6.07, 6.45) is 3.78. The number of aliphatic hydroxyl groups excluding tert-OH is 1. The summed E-state index contributed by atoms with van der Waals surface area (Å²) in [5, 5.41) is 17.1. The molecule has 0 bridgehead atoms. The van der Waals surface area contributed by atoms with Gasteiger partial charge in [-0.3, -0.25) is 9.59 Å². The van der Waals surface area contributed by atoms with Crippen LogP contribution < -0.4 is 10.6 Å². The van der Waals surface area contributed by atoms with Gasteiger partial charge in [-0.25, -0.2) is 8.42 Å². The number of aryl methyl sites for hydroxylation is 1. The molecule has 0 aliphatic carbocycles. The highest BCUT2D eigenvalue weighted by atomic mass is 32.2. The first-order valence-electron chi connectivity index (χ1n) is 15.5. The molecule has 1 aromatic heterocycles. The van der Waals surface area contributed by atoms with Crippen molar-refractivity contribution in [3.8, 4) is 0 Å². The molecule has 0 aliphatic rings. The molecule has 0 aliphatic heterocycles. The summed E-state index contributed by atoms with van der Waals surface area (Å²) >= 11 is 0. The average Bonchev–Trinajstić information content (AvgIpc) is 3.44. The van der Waals surface area contributed by atoms with Gasteiger partial charge in [-0.2, -0.15) is 4.31 Å². The number of hydrogen-bond donors (Lipinski definition) is 4. The van der Waals surface area contributed by atoms with Gasteiger partial charge in [0.15, 0.2) is 0 Å². The lowest BCUT2D eigenvalue weighted by molar-refractivity contribution is -0.122. The van der Waals surface area contributed by atoms with E-state index in [2.05, 4.69) is 15.6 Å². The van der Waals surface area contributed by atoms with Gasteiger partial charge in [0.1, 0.15) is 6.04 Å². The zero-order chi connectivity index (χ0) is 32.4. The number of rotatable bonds is 16. The van der Waals surface area contributed by atoms with E-state index in [4.69, 9.17) is 0 Å². The van der Waals surface area contributed by atoms with E-state index in [1.54, 1.807) is 48.5 Å². The highest BCUT2D eigenvalue weighted by Gasteiger charge is 2.31. The maximum absolute atomic E-state index is 13.6. The van der Waals surface area contributed by atoms with Crippen molar-refractivity contribution in [1.82, 2.24) is 19.9 Å². The lowest BCUT2D eigenvalue weighted by Gasteiger charge is -2.31. The van der Waals surface area contributed by atoms with Gasteiger partial charge in [0.2, 0.25) is 15.9 Å². The van der Waals surface area contributed by atoms with Crippen molar-refractivity contribution in [2.45, 2.75) is 63.4 Å². The predicted octanol–water partition coefficient (Wildman–Crippen LogP) is 4.81. The minimum Gasteiger partial charge on any atom is -0.395 e. The maximum Gasteiger partial charge on any atom is 0.251 e. The number of H-pyrrole nitrogens is 1. The minimum absolute atomic E-state index is 0.0683. The molecule has 0 fully saturated rings. The van der Waals surface area contributed by atoms with Gasteiger partial charge in [0.05, 0.1) is 11.5 Å². The molecule has 0 saturated carbocycles. The number of aromatic nitrogens is 1. The molecule has 10 heteroatoms. The van der Waals surface area contributed by atoms with Gasteiger partial charge in [-0.15, -0.1) is 0 Å². The maximum atomic E-state index is 13.6. The van der Waals surface area contributed by atoms with Crippen molar-refractivity contribution >= 4 is 32.7 Å². The van der Waals surface area contributed by atoms with E-state index in [0.29, 0.717) is 37.8 Å². The molecule has 4 rings (SSSR count). The fourth-order valence-corrected chi connectivity index (χ4v) is 7.19. The lowest BCUT2D eigenvalue weighted by atomic mass is 10.0. The number of benzene rings is 3. The Balaban J connectivity index is 1.38. The summed E-state index contributed by atoms with van der Waals surface area (Å²) in [6, 6.07) is 22.0. The fraction of sp³-hybridized carbons (Fsp3) is 0.371. The van der Waals surface area contributed by atoms with Gasteiger partial charge < -0.3 is 20.7 Å². The molecule has 240 valence electrons. The van der Waals surface area contributed by atoms with Crippen LogP contribution in [0, 0.1) is 12.8 Å². The molecule has 9 nitrogen and oxygen atoms in total. The third kappa shape index (κ3) is 9.03. The number of fused-ring (bicyclic) bond motifs is 1. The van der Waals surface area contributed by atoms with Crippen LogP contribution in [0.1, 0.15) is 54.6 Å². The van der Waals surface area contributed by atoms with Crippen LogP contribution in [0.4, 0.5) is 0 Å². The van der Waals surface area contributed by atoms with Crippen LogP contribution in [-0.4, -0.2) is 66.4 Å². The van der Waals surface area contributed by atoms with E-state index in [1.165, 1.54) is 4.31 Å². The molecule has 3 aromatic carbocycles. The first-order valence-corrected chi connectivity index (χ1v) is 16.9. The summed E-state index contributed by atoms with van der Waals surface area (Å²) < 4.78 is 28.5. The molecule has 0 unspecified atom stereocenters. The second-order valence-corrected chi connectivity index (χ2v) is 13.8. The number of amides is 2. The number of nitrogens with one attached hydrogen (secondary N) is 3. The van der Waals surface area contributed by atoms with Crippen LogP contribution in [0.25, 0.3) is 10.9 Å². The smallest absolute Gasteiger partial charge is 0.251 e. The Bertz CT molecular complexity index is 1650. The van der Waals surface area contributed by atoms with Crippen molar-refractivity contribution in [3.63, 3.8) is 0 Å². The van der Waals surface area contributed by atoms with E-state index in [-0.39, 0.29) is 35.8 Å². The third-order valence-electron chi connectivity index (χ3n) is 7.81. The van der Waals surface area contributed by atoms with Gasteiger partial charge in [0, 0.05) is 48.2 Å². The molecule has 0 saturated heterocycles. The molecule has 4 N–H and O–H groups in total. The predicted molar refractivity (Wildman–Crippen MR) is 177 cm³/mol. The normalized spacial score (nSPS) is 13.2. The Hall–Kier alpha value is -3.99. The number of sulfonamides is 1. The van der Waals surface area contributed by atoms with Gasteiger partial charge in [0.25, 0.3) is 5.91 Å². The minimum atomic E-state index is -3.81. The van der Waals surface area contributed by atoms with Crippen LogP contribution >= 0.6 is 0 Å². The zero-order valence-electron chi connectivity index (χ0n) is 26.2. The van der Waals surface area contributed by atoms with Crippen LogP contribution in [0.2, 0.25) is 0 Å². The summed E-state index contributed by atoms with van der Waals surface area (Å²) in [5.41, 5.74) is 3.31. The standard InChI is InChI=1S/C35H44N4O5S/c1-25(2)23-39(45(43,44)30-18-16-26(3)17-19-30)29(24-40)13-9-10-20-36-35(42)33(38-34(41)27-11-5-4-6-12-27)21-28-22-37-32-15-8-7-14-31(28)32/h4-8,11-12,14-19,22,25,29,33,37,40H,9-10,13,20-21,23-24H2,1-3H3,(H,36,42)(H,38,41)/t29-,33-/m0/s1. The largest absolute Gasteiger partial charge is 0.395 e. The first-order chi connectivity index (χ1) is 21.6. The molecular weight excluding hydrogens is 588 g/mol. The second kappa shape index (κ2) is 15.8. The Morgan fingerprint density at radius 1 is 0.933 bits per heavy atom. The topological polar surface area (TPSA) is 132 Å². The summed E-state index contributed by atoms with van der Waals surface area (Å²) in [5.74, 6) is -0.563. The summed E-state index contributed by atoms with van der Waals surface area (Å²) in [6.45, 7) is 6.13. The van der Waals surface area contributed by atoms with Crippen molar-refractivity contribution in [2.75, 3.05) is 19.7 Å². The number of aliphatic hydroxyl groups is 1. The molecular formula is C35H44N4O5S. The number of aromatic amines is 1. The number of unbranched alkanes of at least 4 members (excludes halogenated alkanes) is 1. The fourth-order valence-electron chi connectivity index (χ4n) is 5.38.